The molecule has 3 heterocycles. The second kappa shape index (κ2) is 10.8. The smallest absolute Gasteiger partial charge is 0.136 e. The van der Waals surface area contributed by atoms with Gasteiger partial charge in [-0.1, -0.05) is 103 Å². The van der Waals surface area contributed by atoms with Gasteiger partial charge in [-0.25, -0.2) is 0 Å². The number of nitrogens with zero attached hydrogens (tertiary/aromatic N) is 2. The molecule has 0 saturated carbocycles. The molecule has 0 aliphatic rings. The van der Waals surface area contributed by atoms with Crippen molar-refractivity contribution in [1.29, 1.82) is 0 Å². The zero-order chi connectivity index (χ0) is 33.5. The minimum atomic E-state index is 0.893. The van der Waals surface area contributed by atoms with Crippen LogP contribution in [0, 0.1) is 0 Å². The molecule has 238 valence electrons. The summed E-state index contributed by atoms with van der Waals surface area (Å²) in [5, 5.41) is 7.25. The third kappa shape index (κ3) is 4.25. The maximum absolute atomic E-state index is 6.62. The number of hydrogen-bond acceptors (Lipinski definition) is 1. The first kappa shape index (κ1) is 28.0. The first-order chi connectivity index (χ1) is 25.3. The van der Waals surface area contributed by atoms with Gasteiger partial charge in [-0.3, -0.25) is 0 Å². The average molecular weight is 651 g/mol. The largest absolute Gasteiger partial charge is 0.456 e. The van der Waals surface area contributed by atoms with Gasteiger partial charge in [-0.05, 0) is 101 Å². The topological polar surface area (TPSA) is 23.0 Å². The molecule has 0 bridgehead atoms. The molecule has 3 heteroatoms. The summed E-state index contributed by atoms with van der Waals surface area (Å²) in [5.41, 5.74) is 13.5. The Balaban J connectivity index is 1.02. The molecule has 51 heavy (non-hydrogen) atoms. The molecular weight excluding hydrogens is 621 g/mol. The summed E-state index contributed by atoms with van der Waals surface area (Å²) in [5.74, 6) is 0. The lowest BCUT2D eigenvalue weighted by Gasteiger charge is -2.09. The van der Waals surface area contributed by atoms with Crippen LogP contribution in [-0.4, -0.2) is 9.13 Å². The summed E-state index contributed by atoms with van der Waals surface area (Å²) in [6, 6.07) is 65.4. The molecule has 0 radical (unpaired) electrons. The van der Waals surface area contributed by atoms with Crippen LogP contribution < -0.4 is 0 Å². The SMILES string of the molecule is c1ccc(-n2c3ccccc3c3cc(-c4ccc5c(c4)oc4cc(-c6ccc7c8ccccc8n(-c8ccccc8)c7c6)ccc45)ccc32)cc1. The summed E-state index contributed by atoms with van der Waals surface area (Å²) in [7, 11) is 0. The third-order valence-electron chi connectivity index (χ3n) is 10.5. The van der Waals surface area contributed by atoms with E-state index in [1.807, 2.05) is 0 Å². The Hall–Kier alpha value is -6.84. The third-order valence-corrected chi connectivity index (χ3v) is 10.5. The van der Waals surface area contributed by atoms with Gasteiger partial charge >= 0.3 is 0 Å². The Morgan fingerprint density at radius 2 is 0.686 bits per heavy atom. The Morgan fingerprint density at radius 1 is 0.275 bits per heavy atom. The Labute approximate surface area is 293 Å². The highest BCUT2D eigenvalue weighted by molar-refractivity contribution is 6.12. The number of hydrogen-bond donors (Lipinski definition) is 0. The maximum Gasteiger partial charge on any atom is 0.136 e. The fourth-order valence-corrected chi connectivity index (χ4v) is 8.15. The predicted molar refractivity (Wildman–Crippen MR) is 213 cm³/mol. The quantitative estimate of drug-likeness (QED) is 0.186. The van der Waals surface area contributed by atoms with Crippen LogP contribution in [0.1, 0.15) is 0 Å². The first-order valence-electron chi connectivity index (χ1n) is 17.4. The first-order valence-corrected chi connectivity index (χ1v) is 17.4. The van der Waals surface area contributed by atoms with Crippen molar-refractivity contribution >= 4 is 65.6 Å². The maximum atomic E-state index is 6.62. The Bertz CT molecular complexity index is 3130. The molecule has 0 aliphatic carbocycles. The number of aromatic nitrogens is 2. The molecule has 0 fully saturated rings. The van der Waals surface area contributed by atoms with Gasteiger partial charge in [0.05, 0.1) is 22.1 Å². The Morgan fingerprint density at radius 3 is 1.29 bits per heavy atom. The van der Waals surface area contributed by atoms with Crippen molar-refractivity contribution in [2.75, 3.05) is 0 Å². The van der Waals surface area contributed by atoms with E-state index in [4.69, 9.17) is 4.42 Å². The molecule has 0 atom stereocenters. The van der Waals surface area contributed by atoms with E-state index in [1.54, 1.807) is 0 Å². The lowest BCUT2D eigenvalue weighted by Crippen LogP contribution is -1.93. The van der Waals surface area contributed by atoms with Crippen LogP contribution in [0.2, 0.25) is 0 Å². The highest BCUT2D eigenvalue weighted by Gasteiger charge is 2.16. The molecule has 0 aliphatic heterocycles. The van der Waals surface area contributed by atoms with E-state index < -0.39 is 0 Å². The van der Waals surface area contributed by atoms with Crippen molar-refractivity contribution in [2.45, 2.75) is 0 Å². The van der Waals surface area contributed by atoms with Gasteiger partial charge in [0.1, 0.15) is 11.2 Å². The predicted octanol–water partition coefficient (Wildman–Crippen LogP) is 13.1. The van der Waals surface area contributed by atoms with E-state index >= 15 is 0 Å². The van der Waals surface area contributed by atoms with E-state index in [1.165, 1.54) is 49.2 Å². The summed E-state index contributed by atoms with van der Waals surface area (Å²) >= 11 is 0. The molecule has 0 saturated heterocycles. The molecule has 3 nitrogen and oxygen atoms in total. The molecule has 0 spiro atoms. The van der Waals surface area contributed by atoms with Gasteiger partial charge < -0.3 is 13.6 Å². The zero-order valence-corrected chi connectivity index (χ0v) is 27.6. The minimum Gasteiger partial charge on any atom is -0.456 e. The average Bonchev–Trinajstić information content (AvgIpc) is 3.85. The Kier molecular flexibility index (Phi) is 5.96. The molecule has 0 unspecified atom stereocenters. The van der Waals surface area contributed by atoms with Crippen LogP contribution in [0.5, 0.6) is 0 Å². The monoisotopic (exact) mass is 650 g/mol. The molecule has 3 aromatic heterocycles. The van der Waals surface area contributed by atoms with Gasteiger partial charge in [0, 0.05) is 43.7 Å². The molecule has 11 rings (SSSR count). The van der Waals surface area contributed by atoms with E-state index in [0.717, 1.165) is 50.0 Å². The summed E-state index contributed by atoms with van der Waals surface area (Å²) in [6.07, 6.45) is 0. The normalized spacial score (nSPS) is 11.9. The number of fused-ring (bicyclic) bond motifs is 9. The van der Waals surface area contributed by atoms with Crippen molar-refractivity contribution in [3.63, 3.8) is 0 Å². The van der Waals surface area contributed by atoms with Crippen molar-refractivity contribution < 1.29 is 4.42 Å². The number of para-hydroxylation sites is 4. The van der Waals surface area contributed by atoms with Crippen molar-refractivity contribution in [1.82, 2.24) is 9.13 Å². The van der Waals surface area contributed by atoms with Crippen LogP contribution >= 0.6 is 0 Å². The fourth-order valence-electron chi connectivity index (χ4n) is 8.15. The molecule has 0 N–H and O–H groups in total. The summed E-state index contributed by atoms with van der Waals surface area (Å²) in [6.45, 7) is 0. The van der Waals surface area contributed by atoms with Gasteiger partial charge in [0.15, 0.2) is 0 Å². The second-order valence-electron chi connectivity index (χ2n) is 13.4. The van der Waals surface area contributed by atoms with E-state index in [0.29, 0.717) is 0 Å². The molecule has 8 aromatic carbocycles. The summed E-state index contributed by atoms with van der Waals surface area (Å²) < 4.78 is 11.3. The zero-order valence-electron chi connectivity index (χ0n) is 27.6. The van der Waals surface area contributed by atoms with Gasteiger partial charge in [0.2, 0.25) is 0 Å². The molecule has 0 amide bonds. The number of rotatable bonds is 4. The van der Waals surface area contributed by atoms with E-state index in [9.17, 15) is 0 Å². The molecular formula is C48H30N2O. The van der Waals surface area contributed by atoms with Crippen LogP contribution in [0.3, 0.4) is 0 Å². The van der Waals surface area contributed by atoms with Crippen molar-refractivity contribution in [3.8, 4) is 33.6 Å². The van der Waals surface area contributed by atoms with Crippen LogP contribution in [-0.2, 0) is 0 Å². The fraction of sp³-hybridized carbons (Fsp3) is 0. The lowest BCUT2D eigenvalue weighted by molar-refractivity contribution is 0.669. The second-order valence-corrected chi connectivity index (χ2v) is 13.4. The van der Waals surface area contributed by atoms with Gasteiger partial charge in [-0.2, -0.15) is 0 Å². The lowest BCUT2D eigenvalue weighted by atomic mass is 10.00. The standard InChI is InChI=1S/C48H30N2O/c1-3-11-35(12-4-1)49-44-18-10-8-16-38(44)42-27-31(22-26-45(42)49)33-20-24-40-41-25-21-34(30-48(41)51-47(40)29-33)32-19-23-39-37-15-7-9-17-43(37)50(46(39)28-32)36-13-5-2-6-14-36/h1-30H. The van der Waals surface area contributed by atoms with Crippen molar-refractivity contribution in [2.24, 2.45) is 0 Å². The number of furan rings is 1. The number of benzene rings is 8. The van der Waals surface area contributed by atoms with E-state index in [2.05, 4.69) is 191 Å². The van der Waals surface area contributed by atoms with Crippen LogP contribution in [0.4, 0.5) is 0 Å². The highest BCUT2D eigenvalue weighted by Crippen LogP contribution is 2.39. The van der Waals surface area contributed by atoms with E-state index in [-0.39, 0.29) is 0 Å². The summed E-state index contributed by atoms with van der Waals surface area (Å²) in [4.78, 5) is 0. The molecule has 11 aromatic rings. The highest BCUT2D eigenvalue weighted by atomic mass is 16.3. The van der Waals surface area contributed by atoms with Crippen molar-refractivity contribution in [3.05, 3.63) is 182 Å². The van der Waals surface area contributed by atoms with Crippen LogP contribution in [0.15, 0.2) is 186 Å². The minimum absolute atomic E-state index is 0.893. The van der Waals surface area contributed by atoms with Gasteiger partial charge in [-0.15, -0.1) is 0 Å². The van der Waals surface area contributed by atoms with Gasteiger partial charge in [0.25, 0.3) is 0 Å². The van der Waals surface area contributed by atoms with Crippen LogP contribution in [0.25, 0.3) is 99.2 Å².